The van der Waals surface area contributed by atoms with E-state index in [1.165, 1.54) is 5.56 Å². The Kier molecular flexibility index (Phi) is 4.48. The number of nitriles is 1. The minimum Gasteiger partial charge on any atom is -0.439 e. The van der Waals surface area contributed by atoms with Crippen LogP contribution in [0.5, 0.6) is 11.6 Å². The van der Waals surface area contributed by atoms with Crippen LogP contribution in [0.2, 0.25) is 0 Å². The van der Waals surface area contributed by atoms with E-state index in [9.17, 15) is 0 Å². The lowest BCUT2D eigenvalue weighted by atomic mass is 9.75. The van der Waals surface area contributed by atoms with Crippen molar-refractivity contribution >= 4 is 5.95 Å². The van der Waals surface area contributed by atoms with Gasteiger partial charge in [-0.05, 0) is 48.6 Å². The summed E-state index contributed by atoms with van der Waals surface area (Å²) in [5.74, 6) is 2.32. The van der Waals surface area contributed by atoms with Gasteiger partial charge in [-0.25, -0.2) is 4.98 Å². The van der Waals surface area contributed by atoms with E-state index >= 15 is 0 Å². The standard InChI is InChI=1S/C21H18N4O/c22-14-15-5-4-6-16(11-15)17-12-18(13-17)24-21-23-10-9-20(25-21)26-19-7-2-1-3-8-19/h1-11,17-18H,12-13H2,(H,23,24,25). The summed E-state index contributed by atoms with van der Waals surface area (Å²) >= 11 is 0. The van der Waals surface area contributed by atoms with Gasteiger partial charge in [0.1, 0.15) is 5.75 Å². The number of hydrogen-bond donors (Lipinski definition) is 1. The summed E-state index contributed by atoms with van der Waals surface area (Å²) in [6, 6.07) is 21.7. The number of nitrogens with one attached hydrogen (secondary N) is 1. The second-order valence-electron chi connectivity index (χ2n) is 6.38. The van der Waals surface area contributed by atoms with E-state index in [0.717, 1.165) is 18.6 Å². The Bertz CT molecular complexity index is 930. The lowest BCUT2D eigenvalue weighted by molar-refractivity contribution is 0.371. The molecule has 0 unspecified atom stereocenters. The Morgan fingerprint density at radius 3 is 2.69 bits per heavy atom. The first kappa shape index (κ1) is 16.1. The summed E-state index contributed by atoms with van der Waals surface area (Å²) in [7, 11) is 0. The molecule has 2 aromatic carbocycles. The highest BCUT2D eigenvalue weighted by atomic mass is 16.5. The number of rotatable bonds is 5. The fourth-order valence-electron chi connectivity index (χ4n) is 3.13. The van der Waals surface area contributed by atoms with E-state index in [1.54, 1.807) is 12.3 Å². The molecule has 5 heteroatoms. The summed E-state index contributed by atoms with van der Waals surface area (Å²) in [6.07, 6.45) is 3.70. The maximum Gasteiger partial charge on any atom is 0.226 e. The molecule has 1 aliphatic carbocycles. The van der Waals surface area contributed by atoms with E-state index in [-0.39, 0.29) is 0 Å². The molecule has 0 bridgehead atoms. The molecule has 1 saturated carbocycles. The van der Waals surface area contributed by atoms with Crippen LogP contribution in [0, 0.1) is 11.3 Å². The van der Waals surface area contributed by atoms with E-state index < -0.39 is 0 Å². The third-order valence-electron chi connectivity index (χ3n) is 4.55. The quantitative estimate of drug-likeness (QED) is 0.739. The number of hydrogen-bond acceptors (Lipinski definition) is 5. The van der Waals surface area contributed by atoms with Crippen LogP contribution in [0.25, 0.3) is 0 Å². The molecule has 0 amide bonds. The molecule has 1 heterocycles. The van der Waals surface area contributed by atoms with Crippen molar-refractivity contribution in [1.29, 1.82) is 5.26 Å². The number of nitrogens with zero attached hydrogens (tertiary/aromatic N) is 3. The van der Waals surface area contributed by atoms with Crippen LogP contribution >= 0.6 is 0 Å². The van der Waals surface area contributed by atoms with E-state index in [1.807, 2.05) is 48.5 Å². The maximum atomic E-state index is 9.02. The summed E-state index contributed by atoms with van der Waals surface area (Å²) in [5, 5.41) is 12.4. The van der Waals surface area contributed by atoms with Gasteiger partial charge in [0.25, 0.3) is 0 Å². The van der Waals surface area contributed by atoms with Crippen molar-refractivity contribution in [1.82, 2.24) is 9.97 Å². The lowest BCUT2D eigenvalue weighted by Crippen LogP contribution is -2.34. The van der Waals surface area contributed by atoms with Gasteiger partial charge in [-0.1, -0.05) is 30.3 Å². The molecular formula is C21H18N4O. The van der Waals surface area contributed by atoms with Gasteiger partial charge >= 0.3 is 0 Å². The molecule has 5 nitrogen and oxygen atoms in total. The van der Waals surface area contributed by atoms with Gasteiger partial charge in [-0.2, -0.15) is 10.2 Å². The summed E-state index contributed by atoms with van der Waals surface area (Å²) < 4.78 is 5.75. The molecule has 26 heavy (non-hydrogen) atoms. The average Bonchev–Trinajstić information content (AvgIpc) is 2.65. The highest BCUT2D eigenvalue weighted by molar-refractivity contribution is 5.38. The Morgan fingerprint density at radius 1 is 1.04 bits per heavy atom. The molecular weight excluding hydrogens is 324 g/mol. The van der Waals surface area contributed by atoms with Gasteiger partial charge in [0.2, 0.25) is 11.8 Å². The zero-order valence-electron chi connectivity index (χ0n) is 14.2. The second kappa shape index (κ2) is 7.24. The van der Waals surface area contributed by atoms with Crippen molar-refractivity contribution in [3.63, 3.8) is 0 Å². The van der Waals surface area contributed by atoms with Crippen molar-refractivity contribution in [2.45, 2.75) is 24.8 Å². The molecule has 1 aromatic heterocycles. The SMILES string of the molecule is N#Cc1cccc(C2CC(Nc3nccc(Oc4ccccc4)n3)C2)c1. The number of aromatic nitrogens is 2. The van der Waals surface area contributed by atoms with Crippen LogP contribution in [-0.2, 0) is 0 Å². The van der Waals surface area contributed by atoms with Crippen LogP contribution in [0.1, 0.15) is 29.9 Å². The third kappa shape index (κ3) is 3.65. The van der Waals surface area contributed by atoms with Crippen molar-refractivity contribution < 1.29 is 4.74 Å². The van der Waals surface area contributed by atoms with Crippen molar-refractivity contribution in [2.75, 3.05) is 5.32 Å². The van der Waals surface area contributed by atoms with Crippen molar-refractivity contribution in [3.05, 3.63) is 78.0 Å². The predicted molar refractivity (Wildman–Crippen MR) is 99.1 cm³/mol. The molecule has 0 radical (unpaired) electrons. The normalized spacial score (nSPS) is 18.4. The molecule has 1 aliphatic rings. The minimum absolute atomic E-state index is 0.331. The van der Waals surface area contributed by atoms with Gasteiger partial charge in [0.15, 0.2) is 0 Å². The average molecular weight is 342 g/mol. The highest BCUT2D eigenvalue weighted by Gasteiger charge is 2.30. The molecule has 0 spiro atoms. The highest BCUT2D eigenvalue weighted by Crippen LogP contribution is 2.38. The van der Waals surface area contributed by atoms with Crippen LogP contribution in [0.4, 0.5) is 5.95 Å². The minimum atomic E-state index is 0.331. The zero-order valence-corrected chi connectivity index (χ0v) is 14.2. The number of ether oxygens (including phenoxy) is 1. The first-order chi connectivity index (χ1) is 12.8. The Morgan fingerprint density at radius 2 is 1.88 bits per heavy atom. The second-order valence-corrected chi connectivity index (χ2v) is 6.38. The first-order valence-corrected chi connectivity index (χ1v) is 8.63. The van der Waals surface area contributed by atoms with Gasteiger partial charge in [0, 0.05) is 18.3 Å². The monoisotopic (exact) mass is 342 g/mol. The van der Waals surface area contributed by atoms with Crippen LogP contribution in [0.3, 0.4) is 0 Å². The van der Waals surface area contributed by atoms with Crippen LogP contribution in [-0.4, -0.2) is 16.0 Å². The fourth-order valence-corrected chi connectivity index (χ4v) is 3.13. The molecule has 0 saturated heterocycles. The first-order valence-electron chi connectivity index (χ1n) is 8.63. The predicted octanol–water partition coefficient (Wildman–Crippen LogP) is 4.50. The molecule has 1 fully saturated rings. The van der Waals surface area contributed by atoms with Crippen LogP contribution < -0.4 is 10.1 Å². The topological polar surface area (TPSA) is 70.8 Å². The van der Waals surface area contributed by atoms with Crippen molar-refractivity contribution in [2.24, 2.45) is 0 Å². The smallest absolute Gasteiger partial charge is 0.226 e. The maximum absolute atomic E-state index is 9.02. The molecule has 0 aliphatic heterocycles. The van der Waals surface area contributed by atoms with Crippen molar-refractivity contribution in [3.8, 4) is 17.7 Å². The number of anilines is 1. The van der Waals surface area contributed by atoms with Crippen LogP contribution in [0.15, 0.2) is 66.9 Å². The fraction of sp³-hybridized carbons (Fsp3) is 0.190. The van der Waals surface area contributed by atoms with E-state index in [4.69, 9.17) is 10.00 Å². The third-order valence-corrected chi connectivity index (χ3v) is 4.55. The molecule has 3 aromatic rings. The molecule has 128 valence electrons. The van der Waals surface area contributed by atoms with Gasteiger partial charge in [0.05, 0.1) is 11.6 Å². The lowest BCUT2D eigenvalue weighted by Gasteiger charge is -2.36. The summed E-state index contributed by atoms with van der Waals surface area (Å²) in [6.45, 7) is 0. The van der Waals surface area contributed by atoms with E-state index in [2.05, 4.69) is 27.4 Å². The Labute approximate surface area is 152 Å². The number of benzene rings is 2. The molecule has 1 N–H and O–H groups in total. The van der Waals surface area contributed by atoms with Gasteiger partial charge in [-0.15, -0.1) is 0 Å². The summed E-state index contributed by atoms with van der Waals surface area (Å²) in [5.41, 5.74) is 1.94. The van der Waals surface area contributed by atoms with Gasteiger partial charge < -0.3 is 10.1 Å². The van der Waals surface area contributed by atoms with Gasteiger partial charge in [-0.3, -0.25) is 0 Å². The summed E-state index contributed by atoms with van der Waals surface area (Å²) in [4.78, 5) is 8.71. The van der Waals surface area contributed by atoms with E-state index in [0.29, 0.717) is 29.4 Å². The Hall–Kier alpha value is -3.39. The zero-order chi connectivity index (χ0) is 17.8. The molecule has 4 rings (SSSR count). The molecule has 0 atom stereocenters. The number of para-hydroxylation sites is 1. The Balaban J connectivity index is 1.36. The largest absolute Gasteiger partial charge is 0.439 e.